The molecule has 1 aliphatic rings. The zero-order valence-corrected chi connectivity index (χ0v) is 20.6. The average molecular weight is 536 g/mol. The normalized spacial score (nSPS) is 13.4. The first-order valence-electron chi connectivity index (χ1n) is 10.4. The molecule has 0 unspecified atom stereocenters. The number of aryl methyl sites for hydroxylation is 1. The molecule has 1 saturated carbocycles. The van der Waals surface area contributed by atoms with Gasteiger partial charge in [-0.2, -0.15) is 0 Å². The van der Waals surface area contributed by atoms with E-state index in [0.717, 1.165) is 0 Å². The van der Waals surface area contributed by atoms with Gasteiger partial charge in [0.1, 0.15) is 18.2 Å². The highest BCUT2D eigenvalue weighted by Gasteiger charge is 2.19. The third kappa shape index (κ3) is 6.95. The van der Waals surface area contributed by atoms with E-state index < -0.39 is 21.6 Å². The fourth-order valence-electron chi connectivity index (χ4n) is 3.25. The van der Waals surface area contributed by atoms with Crippen LogP contribution in [-0.2, 0) is 9.84 Å². The molecule has 176 valence electrons. The fraction of sp³-hybridized carbons (Fsp3) is 0.348. The molecule has 0 spiro atoms. The van der Waals surface area contributed by atoms with Crippen molar-refractivity contribution < 1.29 is 23.2 Å². The number of hydroxylamine groups is 1. The van der Waals surface area contributed by atoms with Crippen molar-refractivity contribution in [1.82, 2.24) is 10.8 Å². The summed E-state index contributed by atoms with van der Waals surface area (Å²) in [6, 6.07) is 9.91. The summed E-state index contributed by atoms with van der Waals surface area (Å²) in [5.74, 6) is 5.29. The molecule has 8 nitrogen and oxygen atoms in total. The van der Waals surface area contributed by atoms with E-state index in [9.17, 15) is 13.2 Å². The summed E-state index contributed by atoms with van der Waals surface area (Å²) in [5.41, 5.74) is 2.65. The first kappa shape index (κ1) is 25.1. The number of benzene rings is 2. The van der Waals surface area contributed by atoms with Crippen molar-refractivity contribution in [2.45, 2.75) is 37.1 Å². The van der Waals surface area contributed by atoms with Crippen molar-refractivity contribution in [2.24, 2.45) is 0 Å². The smallest absolute Gasteiger partial charge is 0.276 e. The number of hydrogen-bond acceptors (Lipinski definition) is 7. The van der Waals surface area contributed by atoms with Crippen LogP contribution in [0.4, 0.5) is 5.69 Å². The van der Waals surface area contributed by atoms with Crippen LogP contribution in [0.3, 0.4) is 0 Å². The summed E-state index contributed by atoms with van der Waals surface area (Å²) in [6.45, 7) is 2.59. The summed E-state index contributed by atoms with van der Waals surface area (Å²) in [4.78, 5) is 12.1. The van der Waals surface area contributed by atoms with E-state index in [0.29, 0.717) is 34.1 Å². The SMILES string of the molecule is Cc1cc(Br)cc(C(=O)NO)c1NCS(=O)(=O)c1ccc(OCC#CCNC2CCC2)cc1. The molecule has 10 heteroatoms. The second-order valence-corrected chi connectivity index (χ2v) is 10.5. The number of carbonyl (C=O) groups is 1. The van der Waals surface area contributed by atoms with Gasteiger partial charge < -0.3 is 15.4 Å². The van der Waals surface area contributed by atoms with Crippen LogP contribution in [0.5, 0.6) is 5.75 Å². The molecule has 2 aromatic rings. The van der Waals surface area contributed by atoms with Crippen molar-refractivity contribution in [3.8, 4) is 17.6 Å². The molecule has 33 heavy (non-hydrogen) atoms. The van der Waals surface area contributed by atoms with Crippen LogP contribution in [0.1, 0.15) is 35.2 Å². The number of rotatable bonds is 9. The van der Waals surface area contributed by atoms with Crippen LogP contribution in [0.2, 0.25) is 0 Å². The molecule has 0 aromatic heterocycles. The van der Waals surface area contributed by atoms with Crippen LogP contribution in [-0.4, -0.2) is 44.6 Å². The van der Waals surface area contributed by atoms with E-state index in [4.69, 9.17) is 9.94 Å². The predicted molar refractivity (Wildman–Crippen MR) is 129 cm³/mol. The molecule has 0 bridgehead atoms. The van der Waals surface area contributed by atoms with Gasteiger partial charge in [-0.05, 0) is 61.7 Å². The van der Waals surface area contributed by atoms with Crippen molar-refractivity contribution in [1.29, 1.82) is 0 Å². The minimum Gasteiger partial charge on any atom is -0.481 e. The van der Waals surface area contributed by atoms with Gasteiger partial charge in [0.05, 0.1) is 22.7 Å². The number of carbonyl (C=O) groups excluding carboxylic acids is 1. The Hall–Kier alpha value is -2.58. The largest absolute Gasteiger partial charge is 0.481 e. The number of anilines is 1. The molecule has 1 amide bonds. The molecule has 0 radical (unpaired) electrons. The highest BCUT2D eigenvalue weighted by atomic mass is 79.9. The van der Waals surface area contributed by atoms with Gasteiger partial charge >= 0.3 is 0 Å². The maximum atomic E-state index is 12.8. The minimum absolute atomic E-state index is 0.112. The maximum Gasteiger partial charge on any atom is 0.276 e. The van der Waals surface area contributed by atoms with Crippen LogP contribution in [0, 0.1) is 18.8 Å². The molecule has 1 fully saturated rings. The van der Waals surface area contributed by atoms with Gasteiger partial charge in [-0.1, -0.05) is 34.2 Å². The van der Waals surface area contributed by atoms with Gasteiger partial charge in [-0.3, -0.25) is 10.0 Å². The van der Waals surface area contributed by atoms with E-state index in [1.165, 1.54) is 37.5 Å². The Kier molecular flexibility index (Phi) is 8.74. The standard InChI is InChI=1S/C23H26BrN3O5S/c1-16-13-17(24)14-21(23(28)27-29)22(16)26-15-33(30,31)20-9-7-19(8-10-20)32-12-3-2-11-25-18-5-4-6-18/h7-10,13-14,18,25-26,29H,4-6,11-12,15H2,1H3,(H,27,28). The van der Waals surface area contributed by atoms with E-state index >= 15 is 0 Å². The second-order valence-electron chi connectivity index (χ2n) is 7.64. The Balaban J connectivity index is 1.57. The van der Waals surface area contributed by atoms with E-state index in [-0.39, 0.29) is 17.1 Å². The summed E-state index contributed by atoms with van der Waals surface area (Å²) in [7, 11) is -3.70. The van der Waals surface area contributed by atoms with Gasteiger partial charge in [0.2, 0.25) is 0 Å². The van der Waals surface area contributed by atoms with Crippen LogP contribution in [0.25, 0.3) is 0 Å². The van der Waals surface area contributed by atoms with Crippen molar-refractivity contribution in [3.05, 3.63) is 52.0 Å². The quantitative estimate of drug-likeness (QED) is 0.221. The second kappa shape index (κ2) is 11.5. The number of amides is 1. The highest BCUT2D eigenvalue weighted by Crippen LogP contribution is 2.27. The Labute approximate surface area is 202 Å². The van der Waals surface area contributed by atoms with Gasteiger partial charge in [0.25, 0.3) is 5.91 Å². The Morgan fingerprint density at radius 2 is 1.94 bits per heavy atom. The van der Waals surface area contributed by atoms with Crippen molar-refractivity contribution in [3.63, 3.8) is 0 Å². The van der Waals surface area contributed by atoms with Crippen molar-refractivity contribution >= 4 is 37.4 Å². The number of hydrogen-bond donors (Lipinski definition) is 4. The molecule has 0 atom stereocenters. The number of sulfone groups is 1. The molecule has 0 heterocycles. The maximum absolute atomic E-state index is 12.8. The topological polar surface area (TPSA) is 117 Å². The monoisotopic (exact) mass is 535 g/mol. The van der Waals surface area contributed by atoms with E-state index in [1.54, 1.807) is 30.6 Å². The van der Waals surface area contributed by atoms with E-state index in [2.05, 4.69) is 38.4 Å². The summed E-state index contributed by atoms with van der Waals surface area (Å²) in [6.07, 6.45) is 3.71. The molecule has 3 rings (SSSR count). The zero-order chi connectivity index (χ0) is 23.8. The first-order chi connectivity index (χ1) is 15.8. The third-order valence-electron chi connectivity index (χ3n) is 5.29. The summed E-state index contributed by atoms with van der Waals surface area (Å²) in [5, 5.41) is 15.1. The molecular formula is C23H26BrN3O5S. The molecule has 4 N–H and O–H groups in total. The third-order valence-corrected chi connectivity index (χ3v) is 7.26. The number of nitrogens with one attached hydrogen (secondary N) is 3. The van der Waals surface area contributed by atoms with Gasteiger partial charge in [-0.15, -0.1) is 0 Å². The Bertz CT molecular complexity index is 1150. The number of halogens is 1. The van der Waals surface area contributed by atoms with E-state index in [1.807, 2.05) is 0 Å². The molecule has 0 saturated heterocycles. The van der Waals surface area contributed by atoms with Gasteiger partial charge in [0.15, 0.2) is 9.84 Å². The summed E-state index contributed by atoms with van der Waals surface area (Å²) >= 11 is 3.29. The molecule has 1 aliphatic carbocycles. The van der Waals surface area contributed by atoms with Gasteiger partial charge in [0, 0.05) is 10.5 Å². The van der Waals surface area contributed by atoms with Crippen LogP contribution >= 0.6 is 15.9 Å². The molecule has 0 aliphatic heterocycles. The van der Waals surface area contributed by atoms with Gasteiger partial charge in [-0.25, -0.2) is 13.9 Å². The Morgan fingerprint density at radius 1 is 1.21 bits per heavy atom. The highest BCUT2D eigenvalue weighted by molar-refractivity contribution is 9.10. The van der Waals surface area contributed by atoms with Crippen molar-refractivity contribution in [2.75, 3.05) is 24.3 Å². The Morgan fingerprint density at radius 3 is 2.58 bits per heavy atom. The summed E-state index contributed by atoms with van der Waals surface area (Å²) < 4.78 is 31.7. The zero-order valence-electron chi connectivity index (χ0n) is 18.2. The lowest BCUT2D eigenvalue weighted by atomic mass is 9.93. The average Bonchev–Trinajstić information content (AvgIpc) is 2.76. The van der Waals surface area contributed by atoms with Crippen LogP contribution in [0.15, 0.2) is 45.8 Å². The molecular weight excluding hydrogens is 510 g/mol. The predicted octanol–water partition coefficient (Wildman–Crippen LogP) is 3.24. The minimum atomic E-state index is -3.70. The lowest BCUT2D eigenvalue weighted by molar-refractivity contribution is 0.0707. The lowest BCUT2D eigenvalue weighted by Crippen LogP contribution is -2.35. The van der Waals surface area contributed by atoms with Crippen LogP contribution < -0.4 is 20.9 Å². The molecule has 2 aromatic carbocycles. The fourth-order valence-corrected chi connectivity index (χ4v) is 4.88. The first-order valence-corrected chi connectivity index (χ1v) is 12.9. The number of ether oxygens (including phenoxy) is 1. The lowest BCUT2D eigenvalue weighted by Gasteiger charge is -2.25.